The number of aliphatic hydroxyl groups excluding tert-OH is 1. The average Bonchev–Trinajstić information content (AvgIpc) is 2.89. The summed E-state index contributed by atoms with van der Waals surface area (Å²) in [4.78, 5) is 26.4. The van der Waals surface area contributed by atoms with Gasteiger partial charge in [0.05, 0.1) is 6.10 Å². The predicted octanol–water partition coefficient (Wildman–Crippen LogP) is -0.184. The van der Waals surface area contributed by atoms with E-state index in [1.807, 2.05) is 24.3 Å². The SMILES string of the molecule is C[C@@H](O)[C@H](N)C(=O)OC(=O)[C@@H](N)Cc1c[nH]c2ccccc12. The number of hydrogen-bond acceptors (Lipinski definition) is 6. The van der Waals surface area contributed by atoms with Crippen molar-refractivity contribution in [3.05, 3.63) is 36.0 Å². The summed E-state index contributed by atoms with van der Waals surface area (Å²) in [6.45, 7) is 1.34. The zero-order valence-electron chi connectivity index (χ0n) is 12.2. The number of nitrogens with two attached hydrogens (primary N) is 2. The summed E-state index contributed by atoms with van der Waals surface area (Å²) in [7, 11) is 0. The molecule has 0 bridgehead atoms. The van der Waals surface area contributed by atoms with Crippen molar-refractivity contribution in [2.24, 2.45) is 11.5 Å². The van der Waals surface area contributed by atoms with Crippen LogP contribution in [-0.2, 0) is 20.7 Å². The lowest BCUT2D eigenvalue weighted by Crippen LogP contribution is -2.45. The molecular formula is C15H19N3O4. The number of ether oxygens (including phenoxy) is 1. The maximum atomic E-state index is 11.8. The monoisotopic (exact) mass is 305 g/mol. The third kappa shape index (κ3) is 3.51. The van der Waals surface area contributed by atoms with Crippen LogP contribution in [0, 0.1) is 0 Å². The molecule has 0 saturated heterocycles. The number of aliphatic hydroxyl groups is 1. The average molecular weight is 305 g/mol. The molecule has 7 nitrogen and oxygen atoms in total. The second kappa shape index (κ2) is 6.69. The maximum Gasteiger partial charge on any atom is 0.333 e. The second-order valence-corrected chi connectivity index (χ2v) is 5.18. The Bertz CT molecular complexity index is 680. The standard InChI is InChI=1S/C15H19N3O4/c1-8(19)13(17)15(21)22-14(20)11(16)6-9-7-18-12-5-3-2-4-10(9)12/h2-5,7-8,11,13,18-19H,6,16-17H2,1H3/t8-,11+,13+/m1/s1. The van der Waals surface area contributed by atoms with Gasteiger partial charge >= 0.3 is 11.9 Å². The summed E-state index contributed by atoms with van der Waals surface area (Å²) < 4.78 is 4.60. The largest absolute Gasteiger partial charge is 0.391 e. The molecule has 22 heavy (non-hydrogen) atoms. The van der Waals surface area contributed by atoms with E-state index >= 15 is 0 Å². The lowest BCUT2D eigenvalue weighted by Gasteiger charge is -2.15. The number of para-hydroxylation sites is 1. The van der Waals surface area contributed by atoms with Crippen molar-refractivity contribution >= 4 is 22.8 Å². The third-order valence-corrected chi connectivity index (χ3v) is 3.41. The van der Waals surface area contributed by atoms with E-state index in [1.165, 1.54) is 6.92 Å². The van der Waals surface area contributed by atoms with Crippen LogP contribution in [-0.4, -0.2) is 40.2 Å². The number of rotatable bonds is 5. The highest BCUT2D eigenvalue weighted by Gasteiger charge is 2.26. The Balaban J connectivity index is 2.01. The highest BCUT2D eigenvalue weighted by Crippen LogP contribution is 2.18. The van der Waals surface area contributed by atoms with Crippen LogP contribution < -0.4 is 11.5 Å². The van der Waals surface area contributed by atoms with Gasteiger partial charge in [-0.05, 0) is 18.6 Å². The van der Waals surface area contributed by atoms with Gasteiger partial charge in [0.1, 0.15) is 12.1 Å². The number of benzene rings is 1. The molecule has 0 amide bonds. The van der Waals surface area contributed by atoms with Crippen molar-refractivity contribution in [3.63, 3.8) is 0 Å². The van der Waals surface area contributed by atoms with Gasteiger partial charge in [-0.2, -0.15) is 0 Å². The molecule has 0 aliphatic heterocycles. The lowest BCUT2D eigenvalue weighted by atomic mass is 10.1. The van der Waals surface area contributed by atoms with E-state index in [0.29, 0.717) is 0 Å². The van der Waals surface area contributed by atoms with Gasteiger partial charge in [0.15, 0.2) is 0 Å². The predicted molar refractivity (Wildman–Crippen MR) is 80.7 cm³/mol. The summed E-state index contributed by atoms with van der Waals surface area (Å²) in [5.41, 5.74) is 13.0. The first kappa shape index (κ1) is 16.2. The highest BCUT2D eigenvalue weighted by molar-refractivity contribution is 5.91. The number of aromatic amines is 1. The molecule has 2 rings (SSSR count). The molecule has 6 N–H and O–H groups in total. The van der Waals surface area contributed by atoms with Gasteiger partial charge in [-0.25, -0.2) is 9.59 Å². The summed E-state index contributed by atoms with van der Waals surface area (Å²) in [5.74, 6) is -1.86. The summed E-state index contributed by atoms with van der Waals surface area (Å²) in [6.07, 6.45) is 0.881. The van der Waals surface area contributed by atoms with Crippen molar-refractivity contribution in [2.45, 2.75) is 31.5 Å². The topological polar surface area (TPSA) is 131 Å². The highest BCUT2D eigenvalue weighted by atomic mass is 16.6. The van der Waals surface area contributed by atoms with Crippen molar-refractivity contribution in [2.75, 3.05) is 0 Å². The van der Waals surface area contributed by atoms with Crippen LogP contribution in [0.1, 0.15) is 12.5 Å². The van der Waals surface area contributed by atoms with Gasteiger partial charge in [0, 0.05) is 23.5 Å². The number of carbonyl (C=O) groups is 2. The molecule has 0 spiro atoms. The van der Waals surface area contributed by atoms with E-state index in [0.717, 1.165) is 16.5 Å². The van der Waals surface area contributed by atoms with Crippen molar-refractivity contribution in [3.8, 4) is 0 Å². The molecule has 0 unspecified atom stereocenters. The van der Waals surface area contributed by atoms with E-state index in [9.17, 15) is 14.7 Å². The molecule has 3 atom stereocenters. The minimum Gasteiger partial charge on any atom is -0.391 e. The van der Waals surface area contributed by atoms with Gasteiger partial charge in [-0.1, -0.05) is 18.2 Å². The summed E-state index contributed by atoms with van der Waals surface area (Å²) >= 11 is 0. The summed E-state index contributed by atoms with van der Waals surface area (Å²) in [5, 5.41) is 10.2. The Hall–Kier alpha value is -2.22. The van der Waals surface area contributed by atoms with Gasteiger partial charge in [-0.15, -0.1) is 0 Å². The number of carbonyl (C=O) groups excluding carboxylic acids is 2. The van der Waals surface area contributed by atoms with Gasteiger partial charge in [0.25, 0.3) is 0 Å². The first-order valence-electron chi connectivity index (χ1n) is 6.90. The molecule has 0 saturated carbocycles. The van der Waals surface area contributed by atoms with Crippen molar-refractivity contribution in [1.29, 1.82) is 0 Å². The molecule has 7 heteroatoms. The van der Waals surface area contributed by atoms with Gasteiger partial charge in [0.2, 0.25) is 0 Å². The van der Waals surface area contributed by atoms with Crippen LogP contribution in [0.2, 0.25) is 0 Å². The fourth-order valence-electron chi connectivity index (χ4n) is 2.06. The number of fused-ring (bicyclic) bond motifs is 1. The summed E-state index contributed by atoms with van der Waals surface area (Å²) in [6, 6.07) is 5.33. The minimum atomic E-state index is -1.27. The van der Waals surface area contributed by atoms with Gasteiger partial charge in [-0.3, -0.25) is 0 Å². The van der Waals surface area contributed by atoms with E-state index < -0.39 is 30.1 Å². The number of H-pyrrole nitrogens is 1. The molecule has 0 aliphatic rings. The van der Waals surface area contributed by atoms with Gasteiger partial charge < -0.3 is 26.3 Å². The number of esters is 2. The quantitative estimate of drug-likeness (QED) is 0.447. The Morgan fingerprint density at radius 1 is 1.27 bits per heavy atom. The Kier molecular flexibility index (Phi) is 4.92. The zero-order chi connectivity index (χ0) is 16.3. The van der Waals surface area contributed by atoms with Crippen molar-refractivity contribution in [1.82, 2.24) is 4.98 Å². The van der Waals surface area contributed by atoms with E-state index in [1.54, 1.807) is 6.20 Å². The van der Waals surface area contributed by atoms with Crippen LogP contribution in [0.25, 0.3) is 10.9 Å². The number of nitrogens with one attached hydrogen (secondary N) is 1. The smallest absolute Gasteiger partial charge is 0.333 e. The molecule has 118 valence electrons. The maximum absolute atomic E-state index is 11.8. The first-order chi connectivity index (χ1) is 10.4. The van der Waals surface area contributed by atoms with Crippen molar-refractivity contribution < 1.29 is 19.4 Å². The molecule has 1 aromatic heterocycles. The zero-order valence-corrected chi connectivity index (χ0v) is 12.2. The fraction of sp³-hybridized carbons (Fsp3) is 0.333. The van der Waals surface area contributed by atoms with Crippen LogP contribution in [0.4, 0.5) is 0 Å². The molecular weight excluding hydrogens is 286 g/mol. The van der Waals surface area contributed by atoms with E-state index in [-0.39, 0.29) is 6.42 Å². The Morgan fingerprint density at radius 2 is 1.95 bits per heavy atom. The molecule has 1 aromatic carbocycles. The van der Waals surface area contributed by atoms with E-state index in [4.69, 9.17) is 11.5 Å². The lowest BCUT2D eigenvalue weighted by molar-refractivity contribution is -0.162. The molecule has 2 aromatic rings. The normalized spacial score (nSPS) is 15.3. The van der Waals surface area contributed by atoms with Crippen LogP contribution >= 0.6 is 0 Å². The minimum absolute atomic E-state index is 0.222. The van der Waals surface area contributed by atoms with Crippen LogP contribution in [0.3, 0.4) is 0 Å². The number of hydrogen-bond donors (Lipinski definition) is 4. The molecule has 0 fully saturated rings. The fourth-order valence-corrected chi connectivity index (χ4v) is 2.06. The van der Waals surface area contributed by atoms with E-state index in [2.05, 4.69) is 9.72 Å². The second-order valence-electron chi connectivity index (χ2n) is 5.18. The first-order valence-corrected chi connectivity index (χ1v) is 6.90. The Labute approximate surface area is 127 Å². The number of aromatic nitrogens is 1. The molecule has 0 aliphatic carbocycles. The Morgan fingerprint density at radius 3 is 2.64 bits per heavy atom. The molecule has 0 radical (unpaired) electrons. The van der Waals surface area contributed by atoms with Crippen LogP contribution in [0.15, 0.2) is 30.5 Å². The third-order valence-electron chi connectivity index (χ3n) is 3.41. The molecule has 1 heterocycles. The van der Waals surface area contributed by atoms with Crippen LogP contribution in [0.5, 0.6) is 0 Å².